The summed E-state index contributed by atoms with van der Waals surface area (Å²) >= 11 is 0. The predicted molar refractivity (Wildman–Crippen MR) is 61.2 cm³/mol. The lowest BCUT2D eigenvalue weighted by atomic mass is 9.90. The number of benzene rings is 1. The summed E-state index contributed by atoms with van der Waals surface area (Å²) in [4.78, 5) is 0. The molecular formula is C11H17BFN. The Kier molecular flexibility index (Phi) is 3.32. The Hall–Kier alpha value is -0.825. The molecule has 0 aliphatic carbocycles. The van der Waals surface area contributed by atoms with Gasteiger partial charge in [-0.15, -0.1) is 0 Å². The quantitative estimate of drug-likeness (QED) is 0.704. The van der Waals surface area contributed by atoms with Crippen LogP contribution < -0.4 is 11.2 Å². The molecule has 14 heavy (non-hydrogen) atoms. The largest absolute Gasteiger partial charge is 0.326 e. The molecule has 1 rings (SSSR count). The molecule has 0 heterocycles. The second kappa shape index (κ2) is 4.14. The SMILES string of the molecule is Bc1cccc(CCC(C)(C)N)c1F. The second-order valence-electron chi connectivity index (χ2n) is 4.54. The van der Waals surface area contributed by atoms with E-state index in [1.165, 1.54) is 0 Å². The van der Waals surface area contributed by atoms with E-state index < -0.39 is 0 Å². The topological polar surface area (TPSA) is 26.0 Å². The second-order valence-corrected chi connectivity index (χ2v) is 4.54. The van der Waals surface area contributed by atoms with Crippen molar-refractivity contribution in [1.29, 1.82) is 0 Å². The van der Waals surface area contributed by atoms with Crippen molar-refractivity contribution < 1.29 is 4.39 Å². The molecule has 0 bridgehead atoms. The molecule has 0 aliphatic rings. The smallest absolute Gasteiger partial charge is 0.143 e. The summed E-state index contributed by atoms with van der Waals surface area (Å²) in [6.07, 6.45) is 1.50. The van der Waals surface area contributed by atoms with Gasteiger partial charge in [-0.05, 0) is 32.3 Å². The van der Waals surface area contributed by atoms with Crippen molar-refractivity contribution >= 4 is 13.3 Å². The molecule has 0 radical (unpaired) electrons. The van der Waals surface area contributed by atoms with E-state index in [2.05, 4.69) is 0 Å². The molecule has 0 fully saturated rings. The summed E-state index contributed by atoms with van der Waals surface area (Å²) in [5.41, 5.74) is 7.10. The third kappa shape index (κ3) is 3.15. The number of nitrogens with two attached hydrogens (primary N) is 1. The third-order valence-electron chi connectivity index (χ3n) is 2.31. The number of halogens is 1. The zero-order chi connectivity index (χ0) is 10.8. The summed E-state index contributed by atoms with van der Waals surface area (Å²) in [6.45, 7) is 3.92. The first-order chi connectivity index (χ1) is 6.40. The standard InChI is InChI=1S/C11H17BFN/c1-11(2,14)7-6-8-4-3-5-9(12)10(8)13/h3-5H,6-7,12,14H2,1-2H3. The fraction of sp³-hybridized carbons (Fsp3) is 0.455. The average Bonchev–Trinajstić information content (AvgIpc) is 2.06. The number of rotatable bonds is 3. The van der Waals surface area contributed by atoms with E-state index >= 15 is 0 Å². The van der Waals surface area contributed by atoms with Gasteiger partial charge >= 0.3 is 0 Å². The minimum absolute atomic E-state index is 0.0863. The predicted octanol–water partition coefficient (Wildman–Crippen LogP) is 0.754. The van der Waals surface area contributed by atoms with Crippen LogP contribution in [0.25, 0.3) is 0 Å². The van der Waals surface area contributed by atoms with E-state index in [1.54, 1.807) is 13.9 Å². The zero-order valence-corrected chi connectivity index (χ0v) is 9.10. The minimum atomic E-state index is -0.226. The summed E-state index contributed by atoms with van der Waals surface area (Å²) in [5.74, 6) is -0.0863. The molecule has 0 spiro atoms. The first-order valence-electron chi connectivity index (χ1n) is 4.93. The summed E-state index contributed by atoms with van der Waals surface area (Å²) < 4.78 is 13.5. The molecule has 0 aromatic heterocycles. The molecule has 0 atom stereocenters. The van der Waals surface area contributed by atoms with Crippen LogP contribution in [0.2, 0.25) is 0 Å². The van der Waals surface area contributed by atoms with Gasteiger partial charge in [0.05, 0.1) is 0 Å². The maximum absolute atomic E-state index is 13.5. The normalized spacial score (nSPS) is 11.7. The van der Waals surface area contributed by atoms with E-state index in [-0.39, 0.29) is 11.4 Å². The molecule has 0 amide bonds. The molecule has 76 valence electrons. The fourth-order valence-electron chi connectivity index (χ4n) is 1.36. The molecule has 0 saturated carbocycles. The van der Waals surface area contributed by atoms with Gasteiger partial charge in [-0.25, -0.2) is 4.39 Å². The van der Waals surface area contributed by atoms with Gasteiger partial charge in [0.25, 0.3) is 0 Å². The monoisotopic (exact) mass is 193 g/mol. The molecule has 1 nitrogen and oxygen atoms in total. The fourth-order valence-corrected chi connectivity index (χ4v) is 1.36. The van der Waals surface area contributed by atoms with Gasteiger partial charge in [-0.1, -0.05) is 23.7 Å². The minimum Gasteiger partial charge on any atom is -0.326 e. The molecule has 0 unspecified atom stereocenters. The highest BCUT2D eigenvalue weighted by molar-refractivity contribution is 6.32. The highest BCUT2D eigenvalue weighted by Crippen LogP contribution is 2.12. The Morgan fingerprint density at radius 1 is 1.43 bits per heavy atom. The van der Waals surface area contributed by atoms with Gasteiger partial charge < -0.3 is 5.73 Å². The van der Waals surface area contributed by atoms with Crippen LogP contribution in [0.4, 0.5) is 4.39 Å². The van der Waals surface area contributed by atoms with Crippen molar-refractivity contribution in [3.63, 3.8) is 0 Å². The van der Waals surface area contributed by atoms with Crippen LogP contribution in [0.1, 0.15) is 25.8 Å². The summed E-state index contributed by atoms with van der Waals surface area (Å²) in [6, 6.07) is 5.50. The Bertz CT molecular complexity index is 318. The number of aryl methyl sites for hydroxylation is 1. The molecular weight excluding hydrogens is 176 g/mol. The molecule has 1 aromatic rings. The van der Waals surface area contributed by atoms with Crippen LogP contribution in [0, 0.1) is 5.82 Å². The Labute approximate surface area is 85.9 Å². The number of hydrogen-bond donors (Lipinski definition) is 1. The molecule has 3 heteroatoms. The van der Waals surface area contributed by atoms with E-state index in [4.69, 9.17) is 5.73 Å². The van der Waals surface area contributed by atoms with Crippen LogP contribution in [-0.4, -0.2) is 13.4 Å². The van der Waals surface area contributed by atoms with E-state index in [0.29, 0.717) is 11.9 Å². The highest BCUT2D eigenvalue weighted by atomic mass is 19.1. The average molecular weight is 193 g/mol. The van der Waals surface area contributed by atoms with Crippen LogP contribution in [0.3, 0.4) is 0 Å². The third-order valence-corrected chi connectivity index (χ3v) is 2.31. The lowest BCUT2D eigenvalue weighted by Gasteiger charge is -2.18. The van der Waals surface area contributed by atoms with Gasteiger partial charge in [0, 0.05) is 5.54 Å². The van der Waals surface area contributed by atoms with Crippen LogP contribution in [-0.2, 0) is 6.42 Å². The Morgan fingerprint density at radius 3 is 2.64 bits per heavy atom. The highest BCUT2D eigenvalue weighted by Gasteiger charge is 2.12. The van der Waals surface area contributed by atoms with Crippen molar-refractivity contribution in [3.8, 4) is 0 Å². The Morgan fingerprint density at radius 2 is 2.07 bits per heavy atom. The van der Waals surface area contributed by atoms with E-state index in [0.717, 1.165) is 12.0 Å². The van der Waals surface area contributed by atoms with Gasteiger partial charge in [0.1, 0.15) is 13.7 Å². The molecule has 1 aromatic carbocycles. The Balaban J connectivity index is 2.73. The van der Waals surface area contributed by atoms with E-state index in [1.807, 2.05) is 26.0 Å². The molecule has 0 saturated heterocycles. The first kappa shape index (κ1) is 11.3. The van der Waals surface area contributed by atoms with Crippen LogP contribution in [0.5, 0.6) is 0 Å². The van der Waals surface area contributed by atoms with Crippen molar-refractivity contribution in [1.82, 2.24) is 0 Å². The maximum atomic E-state index is 13.5. The van der Waals surface area contributed by atoms with E-state index in [9.17, 15) is 4.39 Å². The van der Waals surface area contributed by atoms with Crippen molar-refractivity contribution in [3.05, 3.63) is 29.6 Å². The lowest BCUT2D eigenvalue weighted by molar-refractivity contribution is 0.471. The number of hydrogen-bond acceptors (Lipinski definition) is 1. The van der Waals surface area contributed by atoms with Gasteiger partial charge in [0.15, 0.2) is 0 Å². The molecule has 0 aliphatic heterocycles. The summed E-state index contributed by atoms with van der Waals surface area (Å²) in [5, 5.41) is 0. The van der Waals surface area contributed by atoms with Crippen molar-refractivity contribution in [2.75, 3.05) is 0 Å². The van der Waals surface area contributed by atoms with Crippen LogP contribution >= 0.6 is 0 Å². The lowest BCUT2D eigenvalue weighted by Crippen LogP contribution is -2.32. The van der Waals surface area contributed by atoms with Gasteiger partial charge in [-0.3, -0.25) is 0 Å². The maximum Gasteiger partial charge on any atom is 0.143 e. The summed E-state index contributed by atoms with van der Waals surface area (Å²) in [7, 11) is 1.78. The zero-order valence-electron chi connectivity index (χ0n) is 9.10. The van der Waals surface area contributed by atoms with Gasteiger partial charge in [-0.2, -0.15) is 0 Å². The first-order valence-corrected chi connectivity index (χ1v) is 4.93. The molecule has 2 N–H and O–H groups in total. The van der Waals surface area contributed by atoms with Crippen LogP contribution in [0.15, 0.2) is 18.2 Å². The van der Waals surface area contributed by atoms with Crippen molar-refractivity contribution in [2.45, 2.75) is 32.2 Å². The van der Waals surface area contributed by atoms with Crippen molar-refractivity contribution in [2.24, 2.45) is 5.73 Å². The van der Waals surface area contributed by atoms with Gasteiger partial charge in [0.2, 0.25) is 0 Å².